The molecule has 1 aliphatic rings. The van der Waals surface area contributed by atoms with Gasteiger partial charge in [0.1, 0.15) is 11.6 Å². The van der Waals surface area contributed by atoms with Gasteiger partial charge in [-0.3, -0.25) is 0 Å². The Morgan fingerprint density at radius 1 is 1.29 bits per heavy atom. The number of imidazole rings is 1. The molecule has 1 fully saturated rings. The largest absolute Gasteiger partial charge is 0.497 e. The first-order valence-electron chi connectivity index (χ1n) is 7.71. The summed E-state index contributed by atoms with van der Waals surface area (Å²) in [5.41, 5.74) is 1.43. The maximum atomic E-state index is 5.20. The third-order valence-electron chi connectivity index (χ3n) is 4.30. The second-order valence-corrected chi connectivity index (χ2v) is 5.73. The van der Waals surface area contributed by atoms with Gasteiger partial charge in [-0.05, 0) is 49.4 Å². The smallest absolute Gasteiger partial charge is 0.118 e. The third-order valence-corrected chi connectivity index (χ3v) is 4.30. The van der Waals surface area contributed by atoms with Gasteiger partial charge < -0.3 is 15.0 Å². The highest BCUT2D eigenvalue weighted by molar-refractivity contribution is 5.30. The van der Waals surface area contributed by atoms with Crippen molar-refractivity contribution in [3.63, 3.8) is 0 Å². The highest BCUT2D eigenvalue weighted by Crippen LogP contribution is 2.37. The summed E-state index contributed by atoms with van der Waals surface area (Å²) >= 11 is 0. The van der Waals surface area contributed by atoms with Crippen molar-refractivity contribution < 1.29 is 4.74 Å². The quantitative estimate of drug-likeness (QED) is 0.769. The molecule has 0 atom stereocenters. The van der Waals surface area contributed by atoms with E-state index in [1.165, 1.54) is 18.4 Å². The lowest BCUT2D eigenvalue weighted by atomic mass is 9.76. The molecule has 0 aliphatic heterocycles. The van der Waals surface area contributed by atoms with E-state index in [1.807, 2.05) is 12.4 Å². The predicted molar refractivity (Wildman–Crippen MR) is 83.7 cm³/mol. The van der Waals surface area contributed by atoms with Crippen LogP contribution in [0.15, 0.2) is 36.7 Å². The van der Waals surface area contributed by atoms with Crippen molar-refractivity contribution in [3.8, 4) is 5.75 Å². The first-order chi connectivity index (χ1) is 10.3. The number of aromatic nitrogens is 2. The van der Waals surface area contributed by atoms with Crippen LogP contribution in [0.3, 0.4) is 0 Å². The molecule has 3 rings (SSSR count). The number of H-pyrrole nitrogens is 1. The van der Waals surface area contributed by atoms with Crippen LogP contribution in [0.4, 0.5) is 0 Å². The summed E-state index contributed by atoms with van der Waals surface area (Å²) in [5, 5.41) is 3.64. The van der Waals surface area contributed by atoms with E-state index in [0.29, 0.717) is 12.0 Å². The lowest BCUT2D eigenvalue weighted by Crippen LogP contribution is -2.40. The first-order valence-corrected chi connectivity index (χ1v) is 7.71. The topological polar surface area (TPSA) is 49.9 Å². The van der Waals surface area contributed by atoms with E-state index in [-0.39, 0.29) is 0 Å². The van der Waals surface area contributed by atoms with Crippen molar-refractivity contribution in [2.45, 2.75) is 37.6 Å². The fourth-order valence-corrected chi connectivity index (χ4v) is 2.93. The lowest BCUT2D eigenvalue weighted by molar-refractivity contribution is 0.290. The molecule has 1 aromatic carbocycles. The van der Waals surface area contributed by atoms with Gasteiger partial charge in [-0.1, -0.05) is 12.1 Å². The van der Waals surface area contributed by atoms with E-state index in [4.69, 9.17) is 4.74 Å². The number of hydrogen-bond donors (Lipinski definition) is 2. The average molecular weight is 285 g/mol. The minimum Gasteiger partial charge on any atom is -0.497 e. The number of nitrogens with zero attached hydrogens (tertiary/aromatic N) is 1. The molecular weight excluding hydrogens is 262 g/mol. The molecule has 1 saturated carbocycles. The van der Waals surface area contributed by atoms with E-state index < -0.39 is 0 Å². The Bertz CT molecular complexity index is 530. The number of methoxy groups -OCH3 is 1. The summed E-state index contributed by atoms with van der Waals surface area (Å²) in [6, 6.07) is 9.17. The van der Waals surface area contributed by atoms with Crippen LogP contribution >= 0.6 is 0 Å². The summed E-state index contributed by atoms with van der Waals surface area (Å²) in [7, 11) is 1.71. The van der Waals surface area contributed by atoms with Crippen LogP contribution < -0.4 is 10.1 Å². The normalized spacial score (nSPS) is 21.0. The van der Waals surface area contributed by atoms with Crippen molar-refractivity contribution in [1.82, 2.24) is 15.3 Å². The fourth-order valence-electron chi connectivity index (χ4n) is 2.93. The molecule has 4 nitrogen and oxygen atoms in total. The number of rotatable bonds is 7. The molecule has 21 heavy (non-hydrogen) atoms. The molecule has 2 N–H and O–H groups in total. The van der Waals surface area contributed by atoms with E-state index in [2.05, 4.69) is 39.6 Å². The SMILES string of the molecule is COc1ccc(C2CC(NCCCc3ncc[nH]3)C2)cc1. The van der Waals surface area contributed by atoms with Crippen LogP contribution in [0, 0.1) is 0 Å². The van der Waals surface area contributed by atoms with E-state index in [1.54, 1.807) is 7.11 Å². The van der Waals surface area contributed by atoms with Gasteiger partial charge in [0.2, 0.25) is 0 Å². The molecule has 0 radical (unpaired) electrons. The van der Waals surface area contributed by atoms with Gasteiger partial charge in [-0.15, -0.1) is 0 Å². The summed E-state index contributed by atoms with van der Waals surface area (Å²) in [5.74, 6) is 2.73. The van der Waals surface area contributed by atoms with E-state index in [0.717, 1.165) is 31.0 Å². The van der Waals surface area contributed by atoms with Crippen LogP contribution in [0.1, 0.15) is 36.6 Å². The average Bonchev–Trinajstić information content (AvgIpc) is 2.99. The minimum absolute atomic E-state index is 0.675. The minimum atomic E-state index is 0.675. The number of aryl methyl sites for hydroxylation is 1. The molecule has 4 heteroatoms. The van der Waals surface area contributed by atoms with E-state index in [9.17, 15) is 0 Å². The van der Waals surface area contributed by atoms with Crippen LogP contribution in [0.25, 0.3) is 0 Å². The third kappa shape index (κ3) is 3.64. The zero-order chi connectivity index (χ0) is 14.5. The van der Waals surface area contributed by atoms with Gasteiger partial charge in [0.25, 0.3) is 0 Å². The molecule has 0 unspecified atom stereocenters. The summed E-state index contributed by atoms with van der Waals surface area (Å²) in [6.07, 6.45) is 8.34. The molecule has 0 bridgehead atoms. The molecule has 0 amide bonds. The Balaban J connectivity index is 1.33. The zero-order valence-corrected chi connectivity index (χ0v) is 12.5. The molecule has 0 saturated heterocycles. The van der Waals surface area contributed by atoms with Crippen LogP contribution in [0.5, 0.6) is 5.75 Å². The van der Waals surface area contributed by atoms with E-state index >= 15 is 0 Å². The maximum Gasteiger partial charge on any atom is 0.118 e. The highest BCUT2D eigenvalue weighted by Gasteiger charge is 2.29. The number of hydrogen-bond acceptors (Lipinski definition) is 3. The Morgan fingerprint density at radius 3 is 2.76 bits per heavy atom. The molecule has 112 valence electrons. The Hall–Kier alpha value is -1.81. The monoisotopic (exact) mass is 285 g/mol. The second-order valence-electron chi connectivity index (χ2n) is 5.73. The summed E-state index contributed by atoms with van der Waals surface area (Å²) in [4.78, 5) is 7.38. The van der Waals surface area contributed by atoms with Gasteiger partial charge in [0, 0.05) is 24.9 Å². The molecular formula is C17H23N3O. The van der Waals surface area contributed by atoms with Crippen LogP contribution in [-0.4, -0.2) is 29.7 Å². The van der Waals surface area contributed by atoms with Gasteiger partial charge in [0.05, 0.1) is 7.11 Å². The first kappa shape index (κ1) is 14.1. The molecule has 2 aromatic rings. The number of benzene rings is 1. The van der Waals surface area contributed by atoms with Crippen molar-refractivity contribution >= 4 is 0 Å². The Kier molecular flexibility index (Phi) is 4.55. The highest BCUT2D eigenvalue weighted by atomic mass is 16.5. The summed E-state index contributed by atoms with van der Waals surface area (Å²) in [6.45, 7) is 1.07. The van der Waals surface area contributed by atoms with Gasteiger partial charge in [0.15, 0.2) is 0 Å². The second kappa shape index (κ2) is 6.76. The number of nitrogens with one attached hydrogen (secondary N) is 2. The zero-order valence-electron chi connectivity index (χ0n) is 12.5. The van der Waals surface area contributed by atoms with Crippen molar-refractivity contribution in [1.29, 1.82) is 0 Å². The van der Waals surface area contributed by atoms with Crippen LogP contribution in [-0.2, 0) is 6.42 Å². The summed E-state index contributed by atoms with van der Waals surface area (Å²) < 4.78 is 5.20. The Labute approximate surface area is 125 Å². The lowest BCUT2D eigenvalue weighted by Gasteiger charge is -2.36. The van der Waals surface area contributed by atoms with Crippen molar-refractivity contribution in [2.75, 3.05) is 13.7 Å². The van der Waals surface area contributed by atoms with Crippen molar-refractivity contribution in [2.24, 2.45) is 0 Å². The fraction of sp³-hybridized carbons (Fsp3) is 0.471. The standard InChI is InChI=1S/C17H23N3O/c1-21-16-6-4-13(5-7-16)14-11-15(12-14)18-8-2-3-17-19-9-10-20-17/h4-7,9-10,14-15,18H,2-3,8,11-12H2,1H3,(H,19,20). The number of aromatic amines is 1. The molecule has 1 heterocycles. The van der Waals surface area contributed by atoms with Crippen LogP contribution in [0.2, 0.25) is 0 Å². The Morgan fingerprint density at radius 2 is 2.10 bits per heavy atom. The van der Waals surface area contributed by atoms with Gasteiger partial charge in [-0.2, -0.15) is 0 Å². The van der Waals surface area contributed by atoms with Gasteiger partial charge >= 0.3 is 0 Å². The molecule has 0 spiro atoms. The molecule has 1 aromatic heterocycles. The van der Waals surface area contributed by atoms with Crippen molar-refractivity contribution in [3.05, 3.63) is 48.0 Å². The number of ether oxygens (including phenoxy) is 1. The predicted octanol–water partition coefficient (Wildman–Crippen LogP) is 2.89. The molecule has 1 aliphatic carbocycles. The maximum absolute atomic E-state index is 5.20. The van der Waals surface area contributed by atoms with Gasteiger partial charge in [-0.25, -0.2) is 4.98 Å².